The molecule has 1 aliphatic heterocycles. The van der Waals surface area contributed by atoms with Crippen molar-refractivity contribution in [2.75, 3.05) is 33.0 Å². The van der Waals surface area contributed by atoms with Crippen LogP contribution in [0.1, 0.15) is 13.8 Å². The molecule has 3 nitrogen and oxygen atoms in total. The smallest absolute Gasteiger partial charge is 0.0972 e. The maximum Gasteiger partial charge on any atom is 0.0972 e. The molecular weight excluding hydrogens is 222 g/mol. The van der Waals surface area contributed by atoms with Crippen LogP contribution in [0.4, 0.5) is 0 Å². The zero-order valence-electron chi connectivity index (χ0n) is 10.1. The third-order valence-electron chi connectivity index (χ3n) is 2.39. The summed E-state index contributed by atoms with van der Waals surface area (Å²) in [7, 11) is 0. The first-order valence-electron chi connectivity index (χ1n) is 5.66. The number of rotatable bonds is 8. The van der Waals surface area contributed by atoms with Crippen molar-refractivity contribution in [3.8, 4) is 0 Å². The topological polar surface area (TPSA) is 21.7 Å². The Kier molecular flexibility index (Phi) is 6.61. The summed E-state index contributed by atoms with van der Waals surface area (Å²) in [5.41, 5.74) is 1.29. The molecule has 0 aromatic heterocycles. The predicted octanol–water partition coefficient (Wildman–Crippen LogP) is 2.46. The number of nitrogens with zero attached hydrogens (tertiary/aromatic N) is 1. The summed E-state index contributed by atoms with van der Waals surface area (Å²) in [4.78, 5) is 2.30. The summed E-state index contributed by atoms with van der Waals surface area (Å²) in [5.74, 6) is 0. The van der Waals surface area contributed by atoms with Gasteiger partial charge in [0.05, 0.1) is 25.2 Å². The first-order chi connectivity index (χ1) is 7.79. The summed E-state index contributed by atoms with van der Waals surface area (Å²) >= 11 is 1.80. The van der Waals surface area contributed by atoms with Gasteiger partial charge in [-0.05, 0) is 19.3 Å². The Morgan fingerprint density at radius 2 is 2.19 bits per heavy atom. The van der Waals surface area contributed by atoms with E-state index < -0.39 is 0 Å². The van der Waals surface area contributed by atoms with Gasteiger partial charge in [-0.1, -0.05) is 6.08 Å². The highest BCUT2D eigenvalue weighted by molar-refractivity contribution is 8.03. The minimum absolute atomic E-state index is 0.371. The summed E-state index contributed by atoms with van der Waals surface area (Å²) < 4.78 is 10.7. The molecule has 0 spiro atoms. The van der Waals surface area contributed by atoms with E-state index in [1.807, 2.05) is 13.0 Å². The van der Waals surface area contributed by atoms with Gasteiger partial charge in [0.1, 0.15) is 0 Å². The van der Waals surface area contributed by atoms with Gasteiger partial charge in [0.15, 0.2) is 0 Å². The fourth-order valence-electron chi connectivity index (χ4n) is 1.52. The molecule has 0 aromatic rings. The quantitative estimate of drug-likeness (QED) is 0.482. The third-order valence-corrected chi connectivity index (χ3v) is 3.60. The molecular formula is C12H21NO2S. The van der Waals surface area contributed by atoms with Crippen LogP contribution in [0.15, 0.2) is 23.8 Å². The number of thioether (sulfide) groups is 1. The van der Waals surface area contributed by atoms with Crippen molar-refractivity contribution in [1.82, 2.24) is 4.90 Å². The third kappa shape index (κ3) is 4.20. The van der Waals surface area contributed by atoms with Gasteiger partial charge in [-0.2, -0.15) is 0 Å². The number of ether oxygens (including phenoxy) is 2. The van der Waals surface area contributed by atoms with Crippen LogP contribution in [-0.2, 0) is 9.47 Å². The van der Waals surface area contributed by atoms with Gasteiger partial charge in [0, 0.05) is 18.8 Å². The second-order valence-electron chi connectivity index (χ2n) is 3.52. The molecule has 1 rings (SSSR count). The summed E-state index contributed by atoms with van der Waals surface area (Å²) in [6, 6.07) is 0. The Hall–Kier alpha value is -0.450. The van der Waals surface area contributed by atoms with E-state index in [9.17, 15) is 0 Å². The van der Waals surface area contributed by atoms with Crippen molar-refractivity contribution in [1.29, 1.82) is 0 Å². The van der Waals surface area contributed by atoms with Crippen molar-refractivity contribution >= 4 is 11.8 Å². The SMILES string of the molecule is C=CC1SC=C(C)N1CCOCCOCC. The van der Waals surface area contributed by atoms with Gasteiger partial charge in [0.2, 0.25) is 0 Å². The van der Waals surface area contributed by atoms with Crippen LogP contribution < -0.4 is 0 Å². The molecule has 92 valence electrons. The van der Waals surface area contributed by atoms with E-state index in [2.05, 4.69) is 23.8 Å². The van der Waals surface area contributed by atoms with Crippen LogP contribution in [0.3, 0.4) is 0 Å². The van der Waals surface area contributed by atoms with E-state index in [1.165, 1.54) is 5.70 Å². The van der Waals surface area contributed by atoms with Gasteiger partial charge in [-0.25, -0.2) is 0 Å². The second kappa shape index (κ2) is 7.76. The molecule has 1 aliphatic rings. The Labute approximate surface area is 102 Å². The fourth-order valence-corrected chi connectivity index (χ4v) is 2.53. The molecule has 0 saturated heterocycles. The Balaban J connectivity index is 2.11. The average Bonchev–Trinajstić information content (AvgIpc) is 2.65. The average molecular weight is 243 g/mol. The summed E-state index contributed by atoms with van der Waals surface area (Å²) in [5, 5.41) is 2.54. The van der Waals surface area contributed by atoms with Crippen molar-refractivity contribution in [3.63, 3.8) is 0 Å². The lowest BCUT2D eigenvalue weighted by Gasteiger charge is -2.25. The monoisotopic (exact) mass is 243 g/mol. The Morgan fingerprint density at radius 3 is 2.88 bits per heavy atom. The first kappa shape index (κ1) is 13.6. The largest absolute Gasteiger partial charge is 0.379 e. The van der Waals surface area contributed by atoms with Crippen LogP contribution >= 0.6 is 11.8 Å². The Bertz CT molecular complexity index is 243. The highest BCUT2D eigenvalue weighted by Crippen LogP contribution is 2.30. The van der Waals surface area contributed by atoms with E-state index in [-0.39, 0.29) is 0 Å². The van der Waals surface area contributed by atoms with Crippen molar-refractivity contribution in [2.24, 2.45) is 0 Å². The summed E-state index contributed by atoms with van der Waals surface area (Å²) in [6.45, 7) is 11.7. The Morgan fingerprint density at radius 1 is 1.44 bits per heavy atom. The molecule has 1 atom stereocenters. The van der Waals surface area contributed by atoms with E-state index in [4.69, 9.17) is 9.47 Å². The molecule has 0 N–H and O–H groups in total. The second-order valence-corrected chi connectivity index (χ2v) is 4.52. The molecule has 0 fully saturated rings. The minimum Gasteiger partial charge on any atom is -0.379 e. The lowest BCUT2D eigenvalue weighted by atomic mass is 10.4. The van der Waals surface area contributed by atoms with Gasteiger partial charge in [-0.3, -0.25) is 0 Å². The van der Waals surface area contributed by atoms with Crippen LogP contribution in [-0.4, -0.2) is 43.2 Å². The van der Waals surface area contributed by atoms with Gasteiger partial charge in [-0.15, -0.1) is 18.3 Å². The molecule has 0 aliphatic carbocycles. The standard InChI is InChI=1S/C12H21NO2S/c1-4-12-13(11(3)10-16-12)6-7-15-9-8-14-5-2/h4,10,12H,1,5-9H2,2-3H3. The van der Waals surface area contributed by atoms with Crippen LogP contribution in [0.25, 0.3) is 0 Å². The van der Waals surface area contributed by atoms with Gasteiger partial charge < -0.3 is 14.4 Å². The zero-order valence-corrected chi connectivity index (χ0v) is 11.0. The van der Waals surface area contributed by atoms with Crippen LogP contribution in [0.5, 0.6) is 0 Å². The zero-order chi connectivity index (χ0) is 11.8. The lowest BCUT2D eigenvalue weighted by molar-refractivity contribution is 0.0464. The van der Waals surface area contributed by atoms with E-state index in [0.29, 0.717) is 18.6 Å². The van der Waals surface area contributed by atoms with Crippen molar-refractivity contribution in [2.45, 2.75) is 19.2 Å². The van der Waals surface area contributed by atoms with Crippen LogP contribution in [0.2, 0.25) is 0 Å². The molecule has 0 amide bonds. The maximum absolute atomic E-state index is 5.50. The first-order valence-corrected chi connectivity index (χ1v) is 6.60. The maximum atomic E-state index is 5.50. The molecule has 0 saturated carbocycles. The van der Waals surface area contributed by atoms with Gasteiger partial charge >= 0.3 is 0 Å². The van der Waals surface area contributed by atoms with Crippen molar-refractivity contribution < 1.29 is 9.47 Å². The van der Waals surface area contributed by atoms with E-state index in [1.54, 1.807) is 11.8 Å². The highest BCUT2D eigenvalue weighted by atomic mass is 32.2. The summed E-state index contributed by atoms with van der Waals surface area (Å²) in [6.07, 6.45) is 1.97. The van der Waals surface area contributed by atoms with Crippen LogP contribution in [0, 0.1) is 0 Å². The molecule has 0 radical (unpaired) electrons. The molecule has 1 unspecified atom stereocenters. The molecule has 16 heavy (non-hydrogen) atoms. The predicted molar refractivity (Wildman–Crippen MR) is 69.4 cm³/mol. The van der Waals surface area contributed by atoms with E-state index >= 15 is 0 Å². The number of allylic oxidation sites excluding steroid dienone is 1. The number of hydrogen-bond acceptors (Lipinski definition) is 4. The molecule has 0 bridgehead atoms. The lowest BCUT2D eigenvalue weighted by Crippen LogP contribution is -2.29. The number of hydrogen-bond donors (Lipinski definition) is 0. The fraction of sp³-hybridized carbons (Fsp3) is 0.667. The van der Waals surface area contributed by atoms with Crippen molar-refractivity contribution in [3.05, 3.63) is 23.8 Å². The normalized spacial score (nSPS) is 20.0. The minimum atomic E-state index is 0.371. The molecule has 4 heteroatoms. The van der Waals surface area contributed by atoms with Gasteiger partial charge in [0.25, 0.3) is 0 Å². The molecule has 0 aromatic carbocycles. The van der Waals surface area contributed by atoms with E-state index in [0.717, 1.165) is 19.8 Å². The highest BCUT2D eigenvalue weighted by Gasteiger charge is 2.20. The molecule has 1 heterocycles.